The van der Waals surface area contributed by atoms with Gasteiger partial charge in [0.1, 0.15) is 17.8 Å². The first-order valence-electron chi connectivity index (χ1n) is 9.63. The van der Waals surface area contributed by atoms with Crippen molar-refractivity contribution in [2.45, 2.75) is 5.60 Å². The molecule has 5 rings (SSSR count). The Labute approximate surface area is 174 Å². The summed E-state index contributed by atoms with van der Waals surface area (Å²) in [7, 11) is 5.74. The quantitative estimate of drug-likeness (QED) is 0.526. The fourth-order valence-corrected chi connectivity index (χ4v) is 4.23. The van der Waals surface area contributed by atoms with Gasteiger partial charge in [-0.05, 0) is 36.4 Å². The summed E-state index contributed by atoms with van der Waals surface area (Å²) in [4.78, 5) is 26.4. The Balaban J connectivity index is 1.86. The summed E-state index contributed by atoms with van der Waals surface area (Å²) in [6.07, 6.45) is 0.775. The van der Waals surface area contributed by atoms with Crippen molar-refractivity contribution in [3.63, 3.8) is 0 Å². The van der Waals surface area contributed by atoms with Crippen LogP contribution in [0.1, 0.15) is 37.4 Å². The number of ether oxygens (including phenoxy) is 2. The fraction of sp³-hybridized carbons (Fsp3) is 0.167. The first kappa shape index (κ1) is 18.2. The van der Waals surface area contributed by atoms with Crippen LogP contribution in [0.4, 0.5) is 11.4 Å². The zero-order valence-electron chi connectivity index (χ0n) is 16.9. The highest BCUT2D eigenvalue weighted by Gasteiger charge is 2.53. The highest BCUT2D eigenvalue weighted by atomic mass is 16.6. The number of hydrogen-bond acceptors (Lipinski definition) is 6. The van der Waals surface area contributed by atoms with Crippen molar-refractivity contribution in [3.8, 4) is 11.5 Å². The van der Waals surface area contributed by atoms with E-state index in [4.69, 9.17) is 9.47 Å². The lowest BCUT2D eigenvalue weighted by molar-refractivity contribution is 0.0224. The fourth-order valence-electron chi connectivity index (χ4n) is 4.23. The molecule has 1 N–H and O–H groups in total. The molecule has 0 amide bonds. The first-order valence-corrected chi connectivity index (χ1v) is 9.63. The summed E-state index contributed by atoms with van der Waals surface area (Å²) >= 11 is 0. The predicted molar refractivity (Wildman–Crippen MR) is 114 cm³/mol. The maximum atomic E-state index is 12.9. The van der Waals surface area contributed by atoms with Gasteiger partial charge in [-0.15, -0.1) is 0 Å². The third-order valence-corrected chi connectivity index (χ3v) is 5.76. The third-order valence-electron chi connectivity index (χ3n) is 5.76. The molecule has 1 spiro atoms. The Morgan fingerprint density at radius 2 is 1.67 bits per heavy atom. The van der Waals surface area contributed by atoms with Crippen LogP contribution in [-0.2, 0) is 10.3 Å². The molecule has 2 aliphatic heterocycles. The molecule has 6 heteroatoms. The van der Waals surface area contributed by atoms with E-state index in [1.165, 1.54) is 0 Å². The minimum atomic E-state index is -1.18. The second kappa shape index (κ2) is 6.35. The largest absolute Gasteiger partial charge is 0.456 e. The molecule has 1 unspecified atom stereocenters. The zero-order valence-corrected chi connectivity index (χ0v) is 16.9. The zero-order chi connectivity index (χ0) is 21.0. The number of carbonyl (C=O) groups is 2. The van der Waals surface area contributed by atoms with Gasteiger partial charge >= 0.3 is 5.97 Å². The van der Waals surface area contributed by atoms with Gasteiger partial charge in [0.05, 0.1) is 5.56 Å². The van der Waals surface area contributed by atoms with E-state index < -0.39 is 11.6 Å². The van der Waals surface area contributed by atoms with E-state index in [0.29, 0.717) is 28.2 Å². The molecule has 0 radical (unpaired) electrons. The van der Waals surface area contributed by atoms with Crippen molar-refractivity contribution >= 4 is 23.6 Å². The molecule has 0 aliphatic carbocycles. The van der Waals surface area contributed by atoms with Gasteiger partial charge in [-0.2, -0.15) is 0 Å². The number of hydrogen-bond donors (Lipinski definition) is 1. The molecule has 30 heavy (non-hydrogen) atoms. The molecule has 0 saturated heterocycles. The number of anilines is 2. The van der Waals surface area contributed by atoms with E-state index in [1.54, 1.807) is 18.2 Å². The van der Waals surface area contributed by atoms with Crippen LogP contribution < -0.4 is 15.0 Å². The summed E-state index contributed by atoms with van der Waals surface area (Å²) < 4.78 is 12.4. The first-order chi connectivity index (χ1) is 14.5. The van der Waals surface area contributed by atoms with E-state index >= 15 is 0 Å². The van der Waals surface area contributed by atoms with Crippen molar-refractivity contribution in [2.75, 3.05) is 31.4 Å². The van der Waals surface area contributed by atoms with E-state index in [2.05, 4.69) is 5.32 Å². The highest BCUT2D eigenvalue weighted by Crippen LogP contribution is 2.56. The standard InChI is InChI=1S/C24H20N2O4/c1-25-15-5-8-18-21(11-15)29-22-12-16(26(2)3)6-9-19(22)24(18)20-10-14(13-27)4-7-17(20)23(28)30-24/h4-13,25H,1-3H3. The van der Waals surface area contributed by atoms with Gasteiger partial charge in [0.15, 0.2) is 5.60 Å². The van der Waals surface area contributed by atoms with Gasteiger partial charge < -0.3 is 19.7 Å². The second-order valence-electron chi connectivity index (χ2n) is 7.63. The monoisotopic (exact) mass is 400 g/mol. The molecular formula is C24H20N2O4. The van der Waals surface area contributed by atoms with E-state index in [9.17, 15) is 9.59 Å². The Morgan fingerprint density at radius 3 is 2.37 bits per heavy atom. The summed E-state index contributed by atoms with van der Waals surface area (Å²) in [5.74, 6) is 0.789. The maximum Gasteiger partial charge on any atom is 0.340 e. The molecule has 150 valence electrons. The minimum absolute atomic E-state index is 0.421. The lowest BCUT2D eigenvalue weighted by Gasteiger charge is -2.37. The Morgan fingerprint density at radius 1 is 0.933 bits per heavy atom. The summed E-state index contributed by atoms with van der Waals surface area (Å²) in [5, 5.41) is 3.11. The smallest absolute Gasteiger partial charge is 0.340 e. The van der Waals surface area contributed by atoms with Gasteiger partial charge in [-0.3, -0.25) is 4.79 Å². The number of nitrogens with zero attached hydrogens (tertiary/aromatic N) is 1. The Hall–Kier alpha value is -3.80. The molecule has 3 aromatic rings. The predicted octanol–water partition coefficient (Wildman–Crippen LogP) is 4.17. The second-order valence-corrected chi connectivity index (χ2v) is 7.63. The summed E-state index contributed by atoms with van der Waals surface area (Å²) in [6, 6.07) is 16.5. The molecule has 3 aromatic carbocycles. The molecule has 2 aliphatic rings. The van der Waals surface area contributed by atoms with Gasteiger partial charge in [-0.1, -0.05) is 6.07 Å². The van der Waals surface area contributed by atoms with Crippen LogP contribution in [0.3, 0.4) is 0 Å². The number of rotatable bonds is 3. The van der Waals surface area contributed by atoms with Crippen LogP contribution in [-0.4, -0.2) is 33.4 Å². The van der Waals surface area contributed by atoms with E-state index in [-0.39, 0.29) is 0 Å². The molecule has 0 bridgehead atoms. The van der Waals surface area contributed by atoms with Crippen molar-refractivity contribution in [1.82, 2.24) is 0 Å². The van der Waals surface area contributed by atoms with Gasteiger partial charge in [0, 0.05) is 66.9 Å². The molecule has 0 aromatic heterocycles. The normalized spacial score (nSPS) is 18.0. The number of carbonyl (C=O) groups excluding carboxylic acids is 2. The average Bonchev–Trinajstić information content (AvgIpc) is 3.05. The number of esters is 1. The molecular weight excluding hydrogens is 380 g/mol. The van der Waals surface area contributed by atoms with E-state index in [1.807, 2.05) is 62.4 Å². The van der Waals surface area contributed by atoms with Crippen LogP contribution in [0.5, 0.6) is 11.5 Å². The Bertz CT molecular complexity index is 1220. The number of fused-ring (bicyclic) bond motifs is 6. The molecule has 0 fully saturated rings. The van der Waals surface area contributed by atoms with Crippen molar-refractivity contribution in [1.29, 1.82) is 0 Å². The molecule has 1 atom stereocenters. The maximum absolute atomic E-state index is 12.9. The Kier molecular flexibility index (Phi) is 3.86. The highest BCUT2D eigenvalue weighted by molar-refractivity contribution is 5.98. The number of benzene rings is 3. The number of nitrogens with one attached hydrogen (secondary N) is 1. The lowest BCUT2D eigenvalue weighted by atomic mass is 9.77. The third kappa shape index (κ3) is 2.37. The average molecular weight is 400 g/mol. The summed E-state index contributed by atoms with van der Waals surface area (Å²) in [5.41, 5.74) is 3.70. The SMILES string of the molecule is CNc1ccc2c(c1)Oc1cc(N(C)C)ccc1C21OC(=O)c2ccc(C=O)cc21. The number of aldehydes is 1. The molecule has 0 saturated carbocycles. The summed E-state index contributed by atoms with van der Waals surface area (Å²) in [6.45, 7) is 0. The topological polar surface area (TPSA) is 67.9 Å². The van der Waals surface area contributed by atoms with Crippen LogP contribution in [0, 0.1) is 0 Å². The minimum Gasteiger partial charge on any atom is -0.456 e. The van der Waals surface area contributed by atoms with Crippen molar-refractivity contribution < 1.29 is 19.1 Å². The van der Waals surface area contributed by atoms with Crippen LogP contribution in [0.2, 0.25) is 0 Å². The van der Waals surface area contributed by atoms with Gasteiger partial charge in [0.25, 0.3) is 0 Å². The molecule has 2 heterocycles. The van der Waals surface area contributed by atoms with Crippen LogP contribution in [0.15, 0.2) is 54.6 Å². The van der Waals surface area contributed by atoms with Gasteiger partial charge in [0.2, 0.25) is 0 Å². The van der Waals surface area contributed by atoms with Crippen LogP contribution >= 0.6 is 0 Å². The lowest BCUT2D eigenvalue weighted by Crippen LogP contribution is -2.33. The van der Waals surface area contributed by atoms with E-state index in [0.717, 1.165) is 28.8 Å². The van der Waals surface area contributed by atoms with Crippen molar-refractivity contribution in [3.05, 3.63) is 82.4 Å². The van der Waals surface area contributed by atoms with Crippen molar-refractivity contribution in [2.24, 2.45) is 0 Å². The van der Waals surface area contributed by atoms with Crippen LogP contribution in [0.25, 0.3) is 0 Å². The molecule has 6 nitrogen and oxygen atoms in total. The van der Waals surface area contributed by atoms with Gasteiger partial charge in [-0.25, -0.2) is 4.79 Å².